The first-order valence-corrected chi connectivity index (χ1v) is 9.77. The smallest absolute Gasteiger partial charge is 0.236 e. The van der Waals surface area contributed by atoms with Crippen LogP contribution in [0.3, 0.4) is 0 Å². The standard InChI is InChI=1S/C19H27N9O/c1-12-8-14(23-26(12)4)17-16-18(20)21-11-22-19(16)28(24-17)13-6-5-7-27(9-13)15(29)10-25(2)3/h8,11,13H,5-7,9-10H2,1-4H3,(H2,20,21,22). The number of fused-ring (bicyclic) bond motifs is 1. The third-order valence-corrected chi connectivity index (χ3v) is 5.42. The van der Waals surface area contributed by atoms with E-state index in [1.807, 2.05) is 53.3 Å². The maximum Gasteiger partial charge on any atom is 0.236 e. The summed E-state index contributed by atoms with van der Waals surface area (Å²) >= 11 is 0. The van der Waals surface area contributed by atoms with Crippen molar-refractivity contribution in [2.45, 2.75) is 25.8 Å². The molecular formula is C19H27N9O. The Labute approximate surface area is 169 Å². The quantitative estimate of drug-likeness (QED) is 0.694. The maximum absolute atomic E-state index is 12.6. The van der Waals surface area contributed by atoms with E-state index in [2.05, 4.69) is 15.1 Å². The second-order valence-electron chi connectivity index (χ2n) is 7.92. The van der Waals surface area contributed by atoms with E-state index in [4.69, 9.17) is 10.8 Å². The minimum absolute atomic E-state index is 0.0326. The predicted molar refractivity (Wildman–Crippen MR) is 110 cm³/mol. The zero-order chi connectivity index (χ0) is 20.7. The molecule has 0 saturated carbocycles. The molecule has 1 atom stereocenters. The van der Waals surface area contributed by atoms with E-state index in [1.54, 1.807) is 0 Å². The molecule has 4 heterocycles. The molecule has 1 saturated heterocycles. The Hall–Kier alpha value is -3.01. The van der Waals surface area contributed by atoms with E-state index >= 15 is 0 Å². The van der Waals surface area contributed by atoms with Crippen molar-refractivity contribution in [1.29, 1.82) is 0 Å². The summed E-state index contributed by atoms with van der Waals surface area (Å²) in [7, 11) is 5.70. The lowest BCUT2D eigenvalue weighted by molar-refractivity contribution is -0.133. The monoisotopic (exact) mass is 397 g/mol. The first-order chi connectivity index (χ1) is 13.8. The van der Waals surface area contributed by atoms with E-state index in [9.17, 15) is 4.79 Å². The van der Waals surface area contributed by atoms with Crippen molar-refractivity contribution in [3.8, 4) is 11.4 Å². The van der Waals surface area contributed by atoms with Gasteiger partial charge < -0.3 is 15.5 Å². The van der Waals surface area contributed by atoms with Gasteiger partial charge in [0, 0.05) is 25.8 Å². The molecule has 3 aromatic rings. The van der Waals surface area contributed by atoms with Gasteiger partial charge in [0.2, 0.25) is 5.91 Å². The number of nitrogens with zero attached hydrogens (tertiary/aromatic N) is 8. The van der Waals surface area contributed by atoms with Crippen LogP contribution in [0.4, 0.5) is 5.82 Å². The maximum atomic E-state index is 12.6. The summed E-state index contributed by atoms with van der Waals surface area (Å²) in [6.07, 6.45) is 3.30. The minimum Gasteiger partial charge on any atom is -0.383 e. The molecule has 29 heavy (non-hydrogen) atoms. The number of likely N-dealkylation sites (N-methyl/N-ethyl adjacent to an activating group) is 1. The summed E-state index contributed by atoms with van der Waals surface area (Å²) in [5.41, 5.74) is 9.33. The van der Waals surface area contributed by atoms with Crippen LogP contribution < -0.4 is 5.73 Å². The highest BCUT2D eigenvalue weighted by molar-refractivity contribution is 5.97. The van der Waals surface area contributed by atoms with Crippen LogP contribution in [0.5, 0.6) is 0 Å². The van der Waals surface area contributed by atoms with Crippen molar-refractivity contribution in [3.05, 3.63) is 18.1 Å². The Morgan fingerprint density at radius 2 is 2.10 bits per heavy atom. The summed E-state index contributed by atoms with van der Waals surface area (Å²) in [5, 5.41) is 10.1. The van der Waals surface area contributed by atoms with Crippen LogP contribution in [0.25, 0.3) is 22.4 Å². The Balaban J connectivity index is 1.74. The summed E-state index contributed by atoms with van der Waals surface area (Å²) in [5.74, 6) is 0.516. The van der Waals surface area contributed by atoms with Crippen molar-refractivity contribution in [3.63, 3.8) is 0 Å². The summed E-state index contributed by atoms with van der Waals surface area (Å²) in [6, 6.07) is 2.01. The van der Waals surface area contributed by atoms with Crippen molar-refractivity contribution in [1.82, 2.24) is 39.3 Å². The van der Waals surface area contributed by atoms with Gasteiger partial charge >= 0.3 is 0 Å². The van der Waals surface area contributed by atoms with Crippen LogP contribution in [0.2, 0.25) is 0 Å². The molecule has 3 aromatic heterocycles. The highest BCUT2D eigenvalue weighted by atomic mass is 16.2. The van der Waals surface area contributed by atoms with E-state index in [-0.39, 0.29) is 11.9 Å². The van der Waals surface area contributed by atoms with E-state index in [1.165, 1.54) is 6.33 Å². The topological polar surface area (TPSA) is 111 Å². The van der Waals surface area contributed by atoms with Crippen LogP contribution in [-0.4, -0.2) is 79.0 Å². The van der Waals surface area contributed by atoms with Gasteiger partial charge in [-0.25, -0.2) is 14.6 Å². The highest BCUT2D eigenvalue weighted by Gasteiger charge is 2.29. The average Bonchev–Trinajstić information content (AvgIpc) is 3.23. The molecule has 0 aromatic carbocycles. The first-order valence-electron chi connectivity index (χ1n) is 9.77. The van der Waals surface area contributed by atoms with Crippen LogP contribution in [-0.2, 0) is 11.8 Å². The van der Waals surface area contributed by atoms with Crippen LogP contribution in [0.15, 0.2) is 12.4 Å². The Bertz CT molecular complexity index is 1030. The third-order valence-electron chi connectivity index (χ3n) is 5.42. The van der Waals surface area contributed by atoms with Crippen LogP contribution in [0, 0.1) is 6.92 Å². The highest BCUT2D eigenvalue weighted by Crippen LogP contribution is 2.33. The number of amides is 1. The molecule has 1 aliphatic heterocycles. The number of nitrogen functional groups attached to an aromatic ring is 1. The fourth-order valence-corrected chi connectivity index (χ4v) is 3.86. The summed E-state index contributed by atoms with van der Waals surface area (Å²) < 4.78 is 3.71. The van der Waals surface area contributed by atoms with Crippen LogP contribution >= 0.6 is 0 Å². The van der Waals surface area contributed by atoms with Gasteiger partial charge in [0.15, 0.2) is 5.65 Å². The molecule has 1 unspecified atom stereocenters. The SMILES string of the molecule is Cc1cc(-c2nn(C3CCCN(C(=O)CN(C)C)C3)c3ncnc(N)c23)nn1C. The lowest BCUT2D eigenvalue weighted by Crippen LogP contribution is -2.44. The zero-order valence-corrected chi connectivity index (χ0v) is 17.3. The molecule has 1 aliphatic rings. The molecule has 154 valence electrons. The van der Waals surface area contributed by atoms with Gasteiger partial charge in [-0.3, -0.25) is 9.48 Å². The lowest BCUT2D eigenvalue weighted by atomic mass is 10.1. The number of aryl methyl sites for hydroxylation is 2. The van der Waals surface area contributed by atoms with Crippen LogP contribution in [0.1, 0.15) is 24.6 Å². The Morgan fingerprint density at radius 3 is 2.79 bits per heavy atom. The number of rotatable bonds is 4. The Kier molecular flexibility index (Phi) is 4.95. The van der Waals surface area contributed by atoms with Crippen molar-refractivity contribution < 1.29 is 4.79 Å². The number of anilines is 1. The van der Waals surface area contributed by atoms with Gasteiger partial charge in [0.05, 0.1) is 18.0 Å². The molecule has 10 nitrogen and oxygen atoms in total. The second kappa shape index (κ2) is 7.43. The minimum atomic E-state index is 0.0326. The predicted octanol–water partition coefficient (Wildman–Crippen LogP) is 0.843. The summed E-state index contributed by atoms with van der Waals surface area (Å²) in [6.45, 7) is 3.77. The molecule has 0 radical (unpaired) electrons. The number of aromatic nitrogens is 6. The molecule has 10 heteroatoms. The van der Waals surface area contributed by atoms with E-state index < -0.39 is 0 Å². The molecule has 1 fully saturated rings. The molecule has 0 aliphatic carbocycles. The van der Waals surface area contributed by atoms with Gasteiger partial charge in [0.1, 0.15) is 23.5 Å². The first kappa shape index (κ1) is 19.3. The van der Waals surface area contributed by atoms with Gasteiger partial charge in [-0.15, -0.1) is 0 Å². The fraction of sp³-hybridized carbons (Fsp3) is 0.526. The second-order valence-corrected chi connectivity index (χ2v) is 7.92. The lowest BCUT2D eigenvalue weighted by Gasteiger charge is -2.33. The van der Waals surface area contributed by atoms with Gasteiger partial charge in [0.25, 0.3) is 0 Å². The molecule has 2 N–H and O–H groups in total. The van der Waals surface area contributed by atoms with Gasteiger partial charge in [-0.2, -0.15) is 10.2 Å². The number of piperidine rings is 1. The molecule has 0 spiro atoms. The van der Waals surface area contributed by atoms with Crippen molar-refractivity contribution in [2.24, 2.45) is 7.05 Å². The van der Waals surface area contributed by atoms with Gasteiger partial charge in [-0.05, 0) is 39.9 Å². The molecular weight excluding hydrogens is 370 g/mol. The fourth-order valence-electron chi connectivity index (χ4n) is 3.86. The average molecular weight is 397 g/mol. The number of likely N-dealkylation sites (tertiary alicyclic amines) is 1. The largest absolute Gasteiger partial charge is 0.383 e. The number of nitrogens with two attached hydrogens (primary N) is 1. The molecule has 4 rings (SSSR count). The van der Waals surface area contributed by atoms with Crippen molar-refractivity contribution in [2.75, 3.05) is 39.5 Å². The number of hydrogen-bond acceptors (Lipinski definition) is 7. The molecule has 1 amide bonds. The number of carbonyl (C=O) groups excluding carboxylic acids is 1. The number of hydrogen-bond donors (Lipinski definition) is 1. The van der Waals surface area contributed by atoms with E-state index in [0.29, 0.717) is 35.6 Å². The van der Waals surface area contributed by atoms with Gasteiger partial charge in [-0.1, -0.05) is 0 Å². The third kappa shape index (κ3) is 3.55. The van der Waals surface area contributed by atoms with Crippen molar-refractivity contribution >= 4 is 22.8 Å². The Morgan fingerprint density at radius 1 is 1.31 bits per heavy atom. The zero-order valence-electron chi connectivity index (χ0n) is 17.3. The molecule has 0 bridgehead atoms. The summed E-state index contributed by atoms with van der Waals surface area (Å²) in [4.78, 5) is 25.0. The van der Waals surface area contributed by atoms with E-state index in [0.717, 1.165) is 30.8 Å². The number of carbonyl (C=O) groups is 1. The normalized spacial score (nSPS) is 17.4.